The molecule has 0 amide bonds. The molecule has 0 spiro atoms. The topological polar surface area (TPSA) is 60.2 Å². The van der Waals surface area contributed by atoms with Crippen molar-refractivity contribution in [3.63, 3.8) is 0 Å². The lowest BCUT2D eigenvalue weighted by molar-refractivity contribution is 0.475. The van der Waals surface area contributed by atoms with E-state index < -0.39 is 0 Å². The van der Waals surface area contributed by atoms with Crippen LogP contribution < -0.4 is 4.90 Å². The third-order valence-electron chi connectivity index (χ3n) is 2.99. The number of benzene rings is 1. The second-order valence-corrected chi connectivity index (χ2v) is 4.47. The molecule has 0 aliphatic heterocycles. The minimum atomic E-state index is 0.214. The van der Waals surface area contributed by atoms with Crippen molar-refractivity contribution in [2.45, 2.75) is 13.8 Å². The summed E-state index contributed by atoms with van der Waals surface area (Å²) < 4.78 is 0. The first-order valence-electron chi connectivity index (χ1n) is 5.94. The SMILES string of the molecule is Cc1cc(C)c(C#N)c(N(C)c2ccc(O)cc2)n1. The van der Waals surface area contributed by atoms with Gasteiger partial charge in [-0.3, -0.25) is 0 Å². The number of phenols is 1. The Morgan fingerprint density at radius 1 is 1.21 bits per heavy atom. The second kappa shape index (κ2) is 4.99. The van der Waals surface area contributed by atoms with E-state index in [-0.39, 0.29) is 5.75 Å². The zero-order valence-electron chi connectivity index (χ0n) is 11.2. The summed E-state index contributed by atoms with van der Waals surface area (Å²) in [5.41, 5.74) is 3.22. The van der Waals surface area contributed by atoms with Crippen molar-refractivity contribution in [1.82, 2.24) is 4.98 Å². The summed E-state index contributed by atoms with van der Waals surface area (Å²) >= 11 is 0. The lowest BCUT2D eigenvalue weighted by Crippen LogP contribution is -2.14. The number of anilines is 2. The zero-order valence-corrected chi connectivity index (χ0v) is 11.2. The van der Waals surface area contributed by atoms with Crippen LogP contribution in [0.4, 0.5) is 11.5 Å². The molecule has 0 unspecified atom stereocenters. The Morgan fingerprint density at radius 3 is 2.42 bits per heavy atom. The van der Waals surface area contributed by atoms with Crippen LogP contribution in [0.25, 0.3) is 0 Å². The van der Waals surface area contributed by atoms with Crippen LogP contribution in [0, 0.1) is 25.2 Å². The fraction of sp³-hybridized carbons (Fsp3) is 0.200. The fourth-order valence-electron chi connectivity index (χ4n) is 2.00. The number of nitrogens with zero attached hydrogens (tertiary/aromatic N) is 3. The largest absolute Gasteiger partial charge is 0.508 e. The molecule has 1 N–H and O–H groups in total. The predicted octanol–water partition coefficient (Wildman–Crippen LogP) is 3.04. The highest BCUT2D eigenvalue weighted by molar-refractivity contribution is 5.67. The molecule has 2 rings (SSSR count). The van der Waals surface area contributed by atoms with Gasteiger partial charge in [-0.15, -0.1) is 0 Å². The van der Waals surface area contributed by atoms with Crippen molar-refractivity contribution in [2.75, 3.05) is 11.9 Å². The maximum Gasteiger partial charge on any atom is 0.151 e. The van der Waals surface area contributed by atoms with Crippen LogP contribution in [0.5, 0.6) is 5.75 Å². The van der Waals surface area contributed by atoms with Crippen molar-refractivity contribution < 1.29 is 5.11 Å². The lowest BCUT2D eigenvalue weighted by atomic mass is 10.1. The quantitative estimate of drug-likeness (QED) is 0.893. The summed E-state index contributed by atoms with van der Waals surface area (Å²) in [5, 5.41) is 18.6. The highest BCUT2D eigenvalue weighted by Gasteiger charge is 2.14. The van der Waals surface area contributed by atoms with Crippen molar-refractivity contribution in [2.24, 2.45) is 0 Å². The number of hydrogen-bond donors (Lipinski definition) is 1. The molecular formula is C15H15N3O. The molecule has 4 nitrogen and oxygen atoms in total. The second-order valence-electron chi connectivity index (χ2n) is 4.47. The molecule has 1 aromatic carbocycles. The summed E-state index contributed by atoms with van der Waals surface area (Å²) in [6.07, 6.45) is 0. The molecule has 0 bridgehead atoms. The summed E-state index contributed by atoms with van der Waals surface area (Å²) in [6.45, 7) is 3.81. The van der Waals surface area contributed by atoms with E-state index in [1.165, 1.54) is 0 Å². The van der Waals surface area contributed by atoms with Crippen LogP contribution in [0.2, 0.25) is 0 Å². The molecule has 96 valence electrons. The number of nitriles is 1. The monoisotopic (exact) mass is 253 g/mol. The minimum absolute atomic E-state index is 0.214. The number of aromatic nitrogens is 1. The fourth-order valence-corrected chi connectivity index (χ4v) is 2.00. The van der Waals surface area contributed by atoms with Crippen LogP contribution in [-0.2, 0) is 0 Å². The van der Waals surface area contributed by atoms with Gasteiger partial charge in [0.15, 0.2) is 5.82 Å². The number of aromatic hydroxyl groups is 1. The number of pyridine rings is 1. The van der Waals surface area contributed by atoms with E-state index in [9.17, 15) is 10.4 Å². The molecule has 4 heteroatoms. The summed E-state index contributed by atoms with van der Waals surface area (Å²) in [6, 6.07) is 10.9. The number of phenolic OH excluding ortho intramolecular Hbond substituents is 1. The van der Waals surface area contributed by atoms with Crippen LogP contribution in [0.15, 0.2) is 30.3 Å². The van der Waals surface area contributed by atoms with Crippen LogP contribution in [0.1, 0.15) is 16.8 Å². The first-order valence-corrected chi connectivity index (χ1v) is 5.94. The summed E-state index contributed by atoms with van der Waals surface area (Å²) in [7, 11) is 1.86. The van der Waals surface area contributed by atoms with Gasteiger partial charge in [0.2, 0.25) is 0 Å². The summed E-state index contributed by atoms with van der Waals surface area (Å²) in [4.78, 5) is 6.29. The first kappa shape index (κ1) is 12.9. The van der Waals surface area contributed by atoms with Gasteiger partial charge >= 0.3 is 0 Å². The molecule has 0 aliphatic rings. The van der Waals surface area contributed by atoms with Gasteiger partial charge in [-0.2, -0.15) is 5.26 Å². The Hall–Kier alpha value is -2.54. The Balaban J connectivity index is 2.52. The van der Waals surface area contributed by atoms with Gasteiger partial charge in [0.25, 0.3) is 0 Å². The van der Waals surface area contributed by atoms with E-state index in [1.807, 2.05) is 31.9 Å². The van der Waals surface area contributed by atoms with Gasteiger partial charge in [0, 0.05) is 18.4 Å². The molecule has 0 radical (unpaired) electrons. The first-order chi connectivity index (χ1) is 9.02. The van der Waals surface area contributed by atoms with E-state index in [0.29, 0.717) is 11.4 Å². The highest BCUT2D eigenvalue weighted by atomic mass is 16.3. The standard InChI is InChI=1S/C15H15N3O/c1-10-8-11(2)17-15(14(10)9-16)18(3)12-4-6-13(19)7-5-12/h4-8,19H,1-3H3. The van der Waals surface area contributed by atoms with Gasteiger partial charge in [0.1, 0.15) is 11.8 Å². The highest BCUT2D eigenvalue weighted by Crippen LogP contribution is 2.28. The molecule has 19 heavy (non-hydrogen) atoms. The van der Waals surface area contributed by atoms with Gasteiger partial charge in [-0.1, -0.05) is 0 Å². The predicted molar refractivity (Wildman–Crippen MR) is 74.6 cm³/mol. The van der Waals surface area contributed by atoms with Crippen LogP contribution in [-0.4, -0.2) is 17.1 Å². The van der Waals surface area contributed by atoms with E-state index in [0.717, 1.165) is 16.9 Å². The zero-order chi connectivity index (χ0) is 14.0. The van der Waals surface area contributed by atoms with E-state index in [2.05, 4.69) is 11.1 Å². The Morgan fingerprint density at radius 2 is 1.84 bits per heavy atom. The molecule has 1 heterocycles. The number of rotatable bonds is 2. The average molecular weight is 253 g/mol. The molecule has 0 saturated heterocycles. The van der Waals surface area contributed by atoms with Crippen LogP contribution >= 0.6 is 0 Å². The van der Waals surface area contributed by atoms with Gasteiger partial charge in [-0.25, -0.2) is 4.98 Å². The van der Waals surface area contributed by atoms with E-state index in [4.69, 9.17) is 0 Å². The smallest absolute Gasteiger partial charge is 0.151 e. The van der Waals surface area contributed by atoms with E-state index in [1.54, 1.807) is 24.3 Å². The van der Waals surface area contributed by atoms with Crippen molar-refractivity contribution in [1.29, 1.82) is 5.26 Å². The lowest BCUT2D eigenvalue weighted by Gasteiger charge is -2.20. The number of aryl methyl sites for hydroxylation is 2. The van der Waals surface area contributed by atoms with Gasteiger partial charge < -0.3 is 10.0 Å². The molecule has 1 aromatic heterocycles. The third-order valence-corrected chi connectivity index (χ3v) is 2.99. The Kier molecular flexibility index (Phi) is 3.39. The Bertz CT molecular complexity index is 642. The molecule has 0 atom stereocenters. The normalized spacial score (nSPS) is 10.0. The summed E-state index contributed by atoms with van der Waals surface area (Å²) in [5.74, 6) is 0.844. The van der Waals surface area contributed by atoms with Crippen LogP contribution in [0.3, 0.4) is 0 Å². The van der Waals surface area contributed by atoms with Crippen molar-refractivity contribution >= 4 is 11.5 Å². The average Bonchev–Trinajstić information content (AvgIpc) is 2.38. The van der Waals surface area contributed by atoms with E-state index >= 15 is 0 Å². The number of hydrogen-bond acceptors (Lipinski definition) is 4. The van der Waals surface area contributed by atoms with Gasteiger partial charge in [0.05, 0.1) is 5.56 Å². The molecule has 0 saturated carbocycles. The van der Waals surface area contributed by atoms with Gasteiger partial charge in [-0.05, 0) is 49.7 Å². The maximum atomic E-state index is 9.31. The molecule has 2 aromatic rings. The Labute approximate surface area is 112 Å². The maximum absolute atomic E-state index is 9.31. The van der Waals surface area contributed by atoms with Crippen molar-refractivity contribution in [3.05, 3.63) is 47.2 Å². The third kappa shape index (κ3) is 2.50. The van der Waals surface area contributed by atoms with Crippen molar-refractivity contribution in [3.8, 4) is 11.8 Å². The minimum Gasteiger partial charge on any atom is -0.508 e. The molecule has 0 fully saturated rings. The molecular weight excluding hydrogens is 238 g/mol. The molecule has 0 aliphatic carbocycles.